The lowest BCUT2D eigenvalue weighted by Crippen LogP contribution is -2.02. The van der Waals surface area contributed by atoms with Crippen LogP contribution in [0.2, 0.25) is 0 Å². The summed E-state index contributed by atoms with van der Waals surface area (Å²) in [6.45, 7) is 1.14. The summed E-state index contributed by atoms with van der Waals surface area (Å²) in [6, 6.07) is 4.25. The number of halogens is 2. The maximum absolute atomic E-state index is 13.0. The molecule has 0 aliphatic heterocycles. The molecule has 2 nitrogen and oxygen atoms in total. The van der Waals surface area contributed by atoms with Crippen LogP contribution in [-0.2, 0) is 4.74 Å². The van der Waals surface area contributed by atoms with Gasteiger partial charge in [-0.2, -0.15) is 0 Å². The predicted octanol–water partition coefficient (Wildman–Crippen LogP) is 2.83. The first kappa shape index (κ1) is 13.8. The minimum Gasteiger partial charge on any atom is -0.492 e. The zero-order valence-corrected chi connectivity index (χ0v) is 10.4. The van der Waals surface area contributed by atoms with Crippen LogP contribution in [0.25, 0.3) is 0 Å². The van der Waals surface area contributed by atoms with Crippen molar-refractivity contribution in [2.75, 3.05) is 26.2 Å². The first-order valence-electron chi connectivity index (χ1n) is 5.24. The lowest BCUT2D eigenvalue weighted by Gasteiger charge is -2.07. The highest BCUT2D eigenvalue weighted by atomic mass is 35.5. The molecule has 0 aromatic heterocycles. The smallest absolute Gasteiger partial charge is 0.135 e. The van der Waals surface area contributed by atoms with Gasteiger partial charge in [0.25, 0.3) is 0 Å². The standard InChI is InChI=1S/C13H14ClFO2/c1-16-8-3-9-17-13-6-5-12(15)10-11(13)4-2-7-14/h5-6,10H,3,7-9H2,1H3. The van der Waals surface area contributed by atoms with Crippen LogP contribution in [0.4, 0.5) is 4.39 Å². The number of hydrogen-bond acceptors (Lipinski definition) is 2. The number of benzene rings is 1. The van der Waals surface area contributed by atoms with Crippen LogP contribution in [0, 0.1) is 17.7 Å². The molecule has 0 atom stereocenters. The molecular formula is C13H14ClFO2. The third-order valence-corrected chi connectivity index (χ3v) is 2.12. The topological polar surface area (TPSA) is 18.5 Å². The van der Waals surface area contributed by atoms with Gasteiger partial charge in [0, 0.05) is 20.1 Å². The molecule has 0 bridgehead atoms. The zero-order valence-electron chi connectivity index (χ0n) is 9.63. The van der Waals surface area contributed by atoms with Crippen molar-refractivity contribution in [1.82, 2.24) is 0 Å². The van der Waals surface area contributed by atoms with E-state index in [0.717, 1.165) is 6.42 Å². The van der Waals surface area contributed by atoms with Crippen molar-refractivity contribution in [3.63, 3.8) is 0 Å². The second-order valence-corrected chi connectivity index (χ2v) is 3.54. The molecule has 0 heterocycles. The fourth-order valence-corrected chi connectivity index (χ4v) is 1.31. The van der Waals surface area contributed by atoms with Gasteiger partial charge in [0.15, 0.2) is 0 Å². The summed E-state index contributed by atoms with van der Waals surface area (Å²) in [5.74, 6) is 5.88. The van der Waals surface area contributed by atoms with E-state index in [2.05, 4.69) is 11.8 Å². The van der Waals surface area contributed by atoms with E-state index in [1.54, 1.807) is 13.2 Å². The largest absolute Gasteiger partial charge is 0.492 e. The second-order valence-electron chi connectivity index (χ2n) is 3.27. The van der Waals surface area contributed by atoms with Gasteiger partial charge < -0.3 is 9.47 Å². The summed E-state index contributed by atoms with van der Waals surface area (Å²) >= 11 is 5.46. The molecule has 0 N–H and O–H groups in total. The van der Waals surface area contributed by atoms with Crippen molar-refractivity contribution in [3.8, 4) is 17.6 Å². The van der Waals surface area contributed by atoms with Gasteiger partial charge in [-0.15, -0.1) is 11.6 Å². The van der Waals surface area contributed by atoms with Crippen molar-refractivity contribution in [3.05, 3.63) is 29.6 Å². The minimum absolute atomic E-state index is 0.208. The molecule has 17 heavy (non-hydrogen) atoms. The van der Waals surface area contributed by atoms with Crippen LogP contribution in [0.15, 0.2) is 18.2 Å². The summed E-state index contributed by atoms with van der Waals surface area (Å²) in [5, 5.41) is 0. The molecule has 0 spiro atoms. The molecule has 4 heteroatoms. The Morgan fingerprint density at radius 1 is 1.35 bits per heavy atom. The molecule has 0 unspecified atom stereocenters. The molecule has 1 rings (SSSR count). The average molecular weight is 257 g/mol. The molecule has 0 aliphatic rings. The molecule has 1 aromatic rings. The van der Waals surface area contributed by atoms with Crippen LogP contribution in [0.5, 0.6) is 5.75 Å². The Balaban J connectivity index is 2.69. The van der Waals surface area contributed by atoms with Crippen LogP contribution in [0.1, 0.15) is 12.0 Å². The van der Waals surface area contributed by atoms with Gasteiger partial charge in [-0.05, 0) is 18.2 Å². The van der Waals surface area contributed by atoms with Gasteiger partial charge in [-0.3, -0.25) is 0 Å². The number of rotatable bonds is 5. The molecular weight excluding hydrogens is 243 g/mol. The first-order valence-corrected chi connectivity index (χ1v) is 5.77. The van der Waals surface area contributed by atoms with Crippen molar-refractivity contribution in [2.45, 2.75) is 6.42 Å². The Kier molecular flexibility index (Phi) is 6.46. The van der Waals surface area contributed by atoms with Gasteiger partial charge in [0.2, 0.25) is 0 Å². The van der Waals surface area contributed by atoms with Crippen LogP contribution in [-0.4, -0.2) is 26.2 Å². The Hall–Kier alpha value is -1.24. The number of alkyl halides is 1. The van der Waals surface area contributed by atoms with E-state index < -0.39 is 0 Å². The second kappa shape index (κ2) is 7.94. The Morgan fingerprint density at radius 2 is 2.18 bits per heavy atom. The molecule has 92 valence electrons. The van der Waals surface area contributed by atoms with E-state index in [4.69, 9.17) is 21.1 Å². The monoisotopic (exact) mass is 256 g/mol. The van der Waals surface area contributed by atoms with Gasteiger partial charge in [0.1, 0.15) is 11.6 Å². The third kappa shape index (κ3) is 5.08. The number of methoxy groups -OCH3 is 1. The van der Waals surface area contributed by atoms with Gasteiger partial charge in [-0.25, -0.2) is 4.39 Å². The average Bonchev–Trinajstić information content (AvgIpc) is 2.34. The molecule has 0 radical (unpaired) electrons. The SMILES string of the molecule is COCCCOc1ccc(F)cc1C#CCCl. The summed E-state index contributed by atoms with van der Waals surface area (Å²) in [5.41, 5.74) is 0.517. The third-order valence-electron chi connectivity index (χ3n) is 1.98. The maximum Gasteiger partial charge on any atom is 0.135 e. The molecule has 0 saturated heterocycles. The lowest BCUT2D eigenvalue weighted by atomic mass is 10.2. The fourth-order valence-electron chi connectivity index (χ4n) is 1.24. The van der Waals surface area contributed by atoms with E-state index in [0.29, 0.717) is 24.5 Å². The van der Waals surface area contributed by atoms with Gasteiger partial charge >= 0.3 is 0 Å². The number of ether oxygens (including phenoxy) is 2. The highest BCUT2D eigenvalue weighted by Crippen LogP contribution is 2.18. The van der Waals surface area contributed by atoms with Crippen molar-refractivity contribution < 1.29 is 13.9 Å². The van der Waals surface area contributed by atoms with E-state index in [1.165, 1.54) is 12.1 Å². The molecule has 0 saturated carbocycles. The van der Waals surface area contributed by atoms with Crippen molar-refractivity contribution in [2.24, 2.45) is 0 Å². The van der Waals surface area contributed by atoms with E-state index in [1.807, 2.05) is 0 Å². The minimum atomic E-state index is -0.340. The van der Waals surface area contributed by atoms with Gasteiger partial charge in [0.05, 0.1) is 18.1 Å². The summed E-state index contributed by atoms with van der Waals surface area (Å²) < 4.78 is 23.4. The molecule has 1 aromatic carbocycles. The number of hydrogen-bond donors (Lipinski definition) is 0. The van der Waals surface area contributed by atoms with Crippen LogP contribution < -0.4 is 4.74 Å². The highest BCUT2D eigenvalue weighted by Gasteiger charge is 2.03. The highest BCUT2D eigenvalue weighted by molar-refractivity contribution is 6.19. The van der Waals surface area contributed by atoms with Crippen LogP contribution >= 0.6 is 11.6 Å². The Morgan fingerprint density at radius 3 is 2.88 bits per heavy atom. The van der Waals surface area contributed by atoms with Crippen molar-refractivity contribution >= 4 is 11.6 Å². The first-order chi connectivity index (χ1) is 8.27. The quantitative estimate of drug-likeness (QED) is 0.458. The summed E-state index contributed by atoms with van der Waals surface area (Å²) in [6.07, 6.45) is 0.774. The maximum atomic E-state index is 13.0. The zero-order chi connectivity index (χ0) is 12.5. The van der Waals surface area contributed by atoms with E-state index in [-0.39, 0.29) is 11.7 Å². The summed E-state index contributed by atoms with van der Waals surface area (Å²) in [7, 11) is 1.63. The Bertz CT molecular complexity index is 410. The summed E-state index contributed by atoms with van der Waals surface area (Å²) in [4.78, 5) is 0. The van der Waals surface area contributed by atoms with Crippen molar-refractivity contribution in [1.29, 1.82) is 0 Å². The molecule has 0 aliphatic carbocycles. The normalized spacial score (nSPS) is 9.59. The van der Waals surface area contributed by atoms with Crippen LogP contribution in [0.3, 0.4) is 0 Å². The van der Waals surface area contributed by atoms with Gasteiger partial charge in [-0.1, -0.05) is 11.8 Å². The Labute approximate surface area is 106 Å². The molecule has 0 fully saturated rings. The van der Waals surface area contributed by atoms with E-state index in [9.17, 15) is 4.39 Å². The molecule has 0 amide bonds. The lowest BCUT2D eigenvalue weighted by molar-refractivity contribution is 0.172. The van der Waals surface area contributed by atoms with E-state index >= 15 is 0 Å². The fraction of sp³-hybridized carbons (Fsp3) is 0.385. The predicted molar refractivity (Wildman–Crippen MR) is 66.0 cm³/mol.